The number of aliphatic imine (C=N–C) groups is 1. The van der Waals surface area contributed by atoms with Gasteiger partial charge in [0.15, 0.2) is 15.7 Å². The molecule has 0 bridgehead atoms. The van der Waals surface area contributed by atoms with E-state index in [0.717, 1.165) is 13.2 Å². The Hall–Kier alpha value is -4.70. The van der Waals surface area contributed by atoms with Crippen LogP contribution in [-0.2, 0) is 22.8 Å². The van der Waals surface area contributed by atoms with Gasteiger partial charge in [-0.3, -0.25) is 14.6 Å². The Labute approximate surface area is 234 Å². The third-order valence-electron chi connectivity index (χ3n) is 5.80. The SMILES string of the molecule is C#CC(N)=N/C(=C(\C)CNC(=O)c1ccnc(Cc2ccc(Cn3ccccc3=O)c(S(C)(=O)=O)c2)c1)C(F)(F)F. The lowest BCUT2D eigenvalue weighted by atomic mass is 10.1. The highest BCUT2D eigenvalue weighted by Gasteiger charge is 2.36. The van der Waals surface area contributed by atoms with Gasteiger partial charge in [-0.25, -0.2) is 13.4 Å². The minimum Gasteiger partial charge on any atom is -0.377 e. The van der Waals surface area contributed by atoms with Gasteiger partial charge >= 0.3 is 6.18 Å². The van der Waals surface area contributed by atoms with Crippen molar-refractivity contribution in [2.45, 2.75) is 31.0 Å². The molecule has 0 atom stereocenters. The van der Waals surface area contributed by atoms with E-state index in [1.54, 1.807) is 30.5 Å². The summed E-state index contributed by atoms with van der Waals surface area (Å²) in [6.45, 7) is 0.725. The fraction of sp³-hybridized carbons (Fsp3) is 0.214. The molecule has 0 radical (unpaired) electrons. The van der Waals surface area contributed by atoms with E-state index in [1.165, 1.54) is 35.0 Å². The van der Waals surface area contributed by atoms with Crippen LogP contribution in [0.15, 0.2) is 86.9 Å². The number of alkyl halides is 3. The van der Waals surface area contributed by atoms with Gasteiger partial charge in [-0.15, -0.1) is 6.42 Å². The summed E-state index contributed by atoms with van der Waals surface area (Å²) in [7, 11) is -3.66. The van der Waals surface area contributed by atoms with Crippen LogP contribution in [0.25, 0.3) is 0 Å². The van der Waals surface area contributed by atoms with E-state index >= 15 is 0 Å². The van der Waals surface area contributed by atoms with Crippen molar-refractivity contribution in [3.63, 3.8) is 0 Å². The molecule has 0 saturated carbocycles. The number of allylic oxidation sites excluding steroid dienone is 1. The monoisotopic (exact) mass is 585 g/mol. The van der Waals surface area contributed by atoms with Crippen molar-refractivity contribution in [3.8, 4) is 12.3 Å². The van der Waals surface area contributed by atoms with Crippen molar-refractivity contribution in [2.75, 3.05) is 12.8 Å². The minimum absolute atomic E-state index is 0.0514. The highest BCUT2D eigenvalue weighted by molar-refractivity contribution is 7.90. The number of hydrogen-bond donors (Lipinski definition) is 2. The first-order valence-electron chi connectivity index (χ1n) is 12.0. The number of amides is 1. The molecule has 3 rings (SSSR count). The molecule has 1 aromatic carbocycles. The van der Waals surface area contributed by atoms with Crippen LogP contribution in [-0.4, -0.2) is 48.7 Å². The molecule has 0 spiro atoms. The highest BCUT2D eigenvalue weighted by atomic mass is 32.2. The molecule has 0 fully saturated rings. The second-order valence-corrected chi connectivity index (χ2v) is 11.0. The molecule has 0 saturated heterocycles. The van der Waals surface area contributed by atoms with Crippen LogP contribution in [0, 0.1) is 12.3 Å². The standard InChI is InChI=1S/C28H26F3N5O4S/c1-4-24(32)35-26(28(29,30)31)18(2)16-34-27(38)20-10-11-33-22(15-20)13-19-8-9-21(23(14-19)41(3,39)40)17-36-12-6-5-7-25(36)37/h1,5-12,14-15H,13,16-17H2,2-3H3,(H2,32,35)(H,34,38)/b26-18+. The summed E-state index contributed by atoms with van der Waals surface area (Å²) in [5.74, 6) is 0.506. The average Bonchev–Trinajstić information content (AvgIpc) is 2.91. The number of pyridine rings is 2. The zero-order valence-corrected chi connectivity index (χ0v) is 22.9. The quantitative estimate of drug-likeness (QED) is 0.225. The van der Waals surface area contributed by atoms with E-state index < -0.39 is 40.0 Å². The molecule has 3 N–H and O–H groups in total. The first-order chi connectivity index (χ1) is 19.2. The maximum atomic E-state index is 13.4. The van der Waals surface area contributed by atoms with E-state index in [2.05, 4.69) is 15.3 Å². The molecule has 0 aliphatic heterocycles. The summed E-state index contributed by atoms with van der Waals surface area (Å²) in [6, 6.07) is 12.3. The van der Waals surface area contributed by atoms with Crippen molar-refractivity contribution in [1.82, 2.24) is 14.9 Å². The molecular weight excluding hydrogens is 559 g/mol. The lowest BCUT2D eigenvalue weighted by molar-refractivity contribution is -0.0932. The second kappa shape index (κ2) is 12.6. The maximum absolute atomic E-state index is 13.4. The number of carbonyl (C=O) groups is 1. The van der Waals surface area contributed by atoms with E-state index in [1.807, 2.05) is 5.92 Å². The number of nitrogens with two attached hydrogens (primary N) is 1. The van der Waals surface area contributed by atoms with Crippen LogP contribution >= 0.6 is 0 Å². The van der Waals surface area contributed by atoms with Gasteiger partial charge in [0.2, 0.25) is 0 Å². The number of sulfone groups is 1. The summed E-state index contributed by atoms with van der Waals surface area (Å²) >= 11 is 0. The van der Waals surface area contributed by atoms with Crippen LogP contribution in [0.1, 0.15) is 34.1 Å². The Bertz CT molecular complexity index is 1740. The molecule has 2 heterocycles. The van der Waals surface area contributed by atoms with Crippen molar-refractivity contribution in [3.05, 3.63) is 105 Å². The van der Waals surface area contributed by atoms with Gasteiger partial charge in [-0.05, 0) is 53.8 Å². The first kappa shape index (κ1) is 30.8. The fourth-order valence-electron chi connectivity index (χ4n) is 3.84. The highest BCUT2D eigenvalue weighted by Crippen LogP contribution is 2.29. The normalized spacial score (nSPS) is 12.8. The van der Waals surface area contributed by atoms with Crippen molar-refractivity contribution in [2.24, 2.45) is 10.7 Å². The molecule has 0 aliphatic carbocycles. The summed E-state index contributed by atoms with van der Waals surface area (Å²) < 4.78 is 66.6. The molecule has 9 nitrogen and oxygen atoms in total. The van der Waals surface area contributed by atoms with Crippen molar-refractivity contribution < 1.29 is 26.4 Å². The molecule has 0 unspecified atom stereocenters. The lowest BCUT2D eigenvalue weighted by Crippen LogP contribution is -2.27. The predicted molar refractivity (Wildman–Crippen MR) is 148 cm³/mol. The summed E-state index contributed by atoms with van der Waals surface area (Å²) in [5, 5.41) is 2.40. The fourth-order valence-corrected chi connectivity index (χ4v) is 4.81. The summed E-state index contributed by atoms with van der Waals surface area (Å²) in [6.07, 6.45) is 4.30. The number of aromatic nitrogens is 2. The number of nitrogens with zero attached hydrogens (tertiary/aromatic N) is 3. The van der Waals surface area contributed by atoms with Gasteiger partial charge in [0, 0.05) is 48.9 Å². The number of amidine groups is 1. The van der Waals surface area contributed by atoms with Gasteiger partial charge < -0.3 is 15.6 Å². The van der Waals surface area contributed by atoms with Crippen LogP contribution in [0.3, 0.4) is 0 Å². The number of rotatable bonds is 9. The molecule has 2 aromatic heterocycles. The van der Waals surface area contributed by atoms with Crippen LogP contribution in [0.4, 0.5) is 13.2 Å². The summed E-state index contributed by atoms with van der Waals surface area (Å²) in [4.78, 5) is 32.3. The van der Waals surface area contributed by atoms with E-state index in [4.69, 9.17) is 12.2 Å². The van der Waals surface area contributed by atoms with Crippen molar-refractivity contribution >= 4 is 21.6 Å². The smallest absolute Gasteiger partial charge is 0.377 e. The molecule has 13 heteroatoms. The van der Waals surface area contributed by atoms with E-state index in [9.17, 15) is 31.2 Å². The van der Waals surface area contributed by atoms with Crippen LogP contribution < -0.4 is 16.6 Å². The molecule has 0 aliphatic rings. The molecule has 214 valence electrons. The van der Waals surface area contributed by atoms with Crippen LogP contribution in [0.5, 0.6) is 0 Å². The topological polar surface area (TPSA) is 137 Å². The largest absolute Gasteiger partial charge is 0.433 e. The summed E-state index contributed by atoms with van der Waals surface area (Å²) in [5.41, 5.74) is 4.93. The van der Waals surface area contributed by atoms with Gasteiger partial charge in [0.1, 0.15) is 5.70 Å². The Morgan fingerprint density at radius 1 is 1.20 bits per heavy atom. The Balaban J connectivity index is 1.82. The van der Waals surface area contributed by atoms with Gasteiger partial charge in [-0.1, -0.05) is 18.2 Å². The molecule has 3 aromatic rings. The van der Waals surface area contributed by atoms with Gasteiger partial charge in [-0.2, -0.15) is 13.2 Å². The van der Waals surface area contributed by atoms with Gasteiger partial charge in [0.25, 0.3) is 11.5 Å². The van der Waals surface area contributed by atoms with E-state index in [-0.39, 0.29) is 34.6 Å². The Morgan fingerprint density at radius 3 is 2.56 bits per heavy atom. The third-order valence-corrected chi connectivity index (χ3v) is 6.98. The second-order valence-electron chi connectivity index (χ2n) is 9.04. The molecular formula is C28H26F3N5O4S. The zero-order valence-electron chi connectivity index (χ0n) is 22.1. The number of terminal acetylenes is 1. The van der Waals surface area contributed by atoms with E-state index in [0.29, 0.717) is 16.8 Å². The molecule has 41 heavy (non-hydrogen) atoms. The number of benzene rings is 1. The average molecular weight is 586 g/mol. The minimum atomic E-state index is -4.84. The van der Waals surface area contributed by atoms with Gasteiger partial charge in [0.05, 0.1) is 11.4 Å². The van der Waals surface area contributed by atoms with Crippen molar-refractivity contribution in [1.29, 1.82) is 0 Å². The van der Waals surface area contributed by atoms with Crippen LogP contribution in [0.2, 0.25) is 0 Å². The maximum Gasteiger partial charge on any atom is 0.433 e. The Kier molecular flexibility index (Phi) is 9.51. The third kappa shape index (κ3) is 8.39. The Morgan fingerprint density at radius 2 is 1.93 bits per heavy atom. The zero-order chi connectivity index (χ0) is 30.4. The number of nitrogens with one attached hydrogen (secondary N) is 1. The predicted octanol–water partition coefficient (Wildman–Crippen LogP) is 2.84. The first-order valence-corrected chi connectivity index (χ1v) is 13.9. The number of carbonyl (C=O) groups excluding carboxylic acids is 1. The number of halogens is 3. The lowest BCUT2D eigenvalue weighted by Gasteiger charge is -2.13. The molecule has 1 amide bonds. The number of hydrogen-bond acceptors (Lipinski definition) is 6.